The van der Waals surface area contributed by atoms with Crippen LogP contribution in [0.3, 0.4) is 0 Å². The molecule has 1 aromatic heterocycles. The standard InChI is InChI=1S/C10H10BrN3OS/c11-6-3-4-16-8(6)7-9(15)14-10(13-7)12-5-1-2-5/h3-5,7H,1-2H2,(H2,12,13,14,15). The molecule has 2 heterocycles. The monoisotopic (exact) mass is 299 g/mol. The fourth-order valence-corrected chi connectivity index (χ4v) is 3.20. The first-order valence-electron chi connectivity index (χ1n) is 5.12. The molecule has 0 saturated heterocycles. The topological polar surface area (TPSA) is 53.5 Å². The molecule has 3 rings (SSSR count). The first-order valence-corrected chi connectivity index (χ1v) is 6.79. The number of carbonyl (C=O) groups excluding carboxylic acids is 1. The lowest BCUT2D eigenvalue weighted by Crippen LogP contribution is -2.37. The fraction of sp³-hybridized carbons (Fsp3) is 0.400. The van der Waals surface area contributed by atoms with Crippen LogP contribution in [0.4, 0.5) is 0 Å². The SMILES string of the molecule is O=C1NC(NC2CC2)=NC1c1sccc1Br. The van der Waals surface area contributed by atoms with Gasteiger partial charge in [-0.2, -0.15) is 0 Å². The van der Waals surface area contributed by atoms with Gasteiger partial charge in [-0.05, 0) is 40.2 Å². The maximum atomic E-state index is 11.8. The van der Waals surface area contributed by atoms with Gasteiger partial charge in [-0.25, -0.2) is 4.99 Å². The zero-order valence-corrected chi connectivity index (χ0v) is 10.8. The molecule has 16 heavy (non-hydrogen) atoms. The highest BCUT2D eigenvalue weighted by atomic mass is 79.9. The van der Waals surface area contributed by atoms with Crippen molar-refractivity contribution >= 4 is 39.1 Å². The second-order valence-electron chi connectivity index (χ2n) is 3.92. The Hall–Kier alpha value is -0.880. The molecule has 2 aliphatic rings. The zero-order chi connectivity index (χ0) is 11.1. The molecule has 0 aromatic carbocycles. The normalized spacial score (nSPS) is 24.2. The van der Waals surface area contributed by atoms with Crippen molar-refractivity contribution in [3.8, 4) is 0 Å². The number of carbonyl (C=O) groups is 1. The Kier molecular flexibility index (Phi) is 2.48. The summed E-state index contributed by atoms with van der Waals surface area (Å²) in [6.07, 6.45) is 2.34. The molecule has 1 aromatic rings. The van der Waals surface area contributed by atoms with Crippen LogP contribution < -0.4 is 10.6 Å². The molecule has 1 amide bonds. The summed E-state index contributed by atoms with van der Waals surface area (Å²) >= 11 is 4.97. The number of aliphatic imine (C=N–C) groups is 1. The van der Waals surface area contributed by atoms with Gasteiger partial charge in [0.15, 0.2) is 12.0 Å². The highest BCUT2D eigenvalue weighted by Crippen LogP contribution is 2.33. The van der Waals surface area contributed by atoms with Crippen molar-refractivity contribution in [2.45, 2.75) is 24.9 Å². The lowest BCUT2D eigenvalue weighted by molar-refractivity contribution is -0.120. The second-order valence-corrected chi connectivity index (χ2v) is 5.72. The predicted octanol–water partition coefficient (Wildman–Crippen LogP) is 1.79. The zero-order valence-electron chi connectivity index (χ0n) is 8.37. The van der Waals surface area contributed by atoms with Gasteiger partial charge in [0.25, 0.3) is 5.91 Å². The smallest absolute Gasteiger partial charge is 0.257 e. The van der Waals surface area contributed by atoms with Crippen LogP contribution in [0, 0.1) is 0 Å². The summed E-state index contributed by atoms with van der Waals surface area (Å²) in [7, 11) is 0. The number of guanidine groups is 1. The summed E-state index contributed by atoms with van der Waals surface area (Å²) in [4.78, 5) is 17.1. The van der Waals surface area contributed by atoms with Crippen LogP contribution in [0.15, 0.2) is 20.9 Å². The van der Waals surface area contributed by atoms with Crippen LogP contribution in [0.1, 0.15) is 23.8 Å². The van der Waals surface area contributed by atoms with Crippen molar-refractivity contribution in [3.05, 3.63) is 20.8 Å². The summed E-state index contributed by atoms with van der Waals surface area (Å²) in [5.41, 5.74) is 0. The van der Waals surface area contributed by atoms with Crippen molar-refractivity contribution in [3.63, 3.8) is 0 Å². The number of amides is 1. The van der Waals surface area contributed by atoms with E-state index in [-0.39, 0.29) is 5.91 Å². The predicted molar refractivity (Wildman–Crippen MR) is 66.5 cm³/mol. The van der Waals surface area contributed by atoms with Crippen molar-refractivity contribution in [1.29, 1.82) is 0 Å². The number of nitrogens with zero attached hydrogens (tertiary/aromatic N) is 1. The minimum atomic E-state index is -0.393. The highest BCUT2D eigenvalue weighted by molar-refractivity contribution is 9.10. The van der Waals surface area contributed by atoms with Gasteiger partial charge in [-0.15, -0.1) is 11.3 Å². The Bertz CT molecular complexity index is 466. The minimum Gasteiger partial charge on any atom is -0.353 e. The van der Waals surface area contributed by atoms with E-state index in [1.165, 1.54) is 12.8 Å². The van der Waals surface area contributed by atoms with Gasteiger partial charge >= 0.3 is 0 Å². The molecular weight excluding hydrogens is 290 g/mol. The molecule has 1 fully saturated rings. The number of hydrogen-bond donors (Lipinski definition) is 2. The maximum absolute atomic E-state index is 11.8. The Morgan fingerprint density at radius 1 is 1.56 bits per heavy atom. The highest BCUT2D eigenvalue weighted by Gasteiger charge is 2.32. The van der Waals surface area contributed by atoms with Crippen LogP contribution in [0.5, 0.6) is 0 Å². The molecule has 1 aliphatic carbocycles. The third-order valence-electron chi connectivity index (χ3n) is 2.56. The molecule has 0 radical (unpaired) electrons. The van der Waals surface area contributed by atoms with Crippen LogP contribution in [-0.2, 0) is 4.79 Å². The average Bonchev–Trinajstić information content (AvgIpc) is 2.84. The van der Waals surface area contributed by atoms with Crippen LogP contribution in [0.25, 0.3) is 0 Å². The second kappa shape index (κ2) is 3.85. The summed E-state index contributed by atoms with van der Waals surface area (Å²) in [5, 5.41) is 7.93. The number of hydrogen-bond acceptors (Lipinski definition) is 4. The molecule has 0 bridgehead atoms. The largest absolute Gasteiger partial charge is 0.353 e. The summed E-state index contributed by atoms with van der Waals surface area (Å²) < 4.78 is 0.953. The van der Waals surface area contributed by atoms with Crippen molar-refractivity contribution in [1.82, 2.24) is 10.6 Å². The van der Waals surface area contributed by atoms with E-state index in [2.05, 4.69) is 31.6 Å². The quantitative estimate of drug-likeness (QED) is 0.875. The van der Waals surface area contributed by atoms with Gasteiger partial charge < -0.3 is 5.32 Å². The molecule has 1 aliphatic heterocycles. The Labute approximate surface area is 105 Å². The maximum Gasteiger partial charge on any atom is 0.257 e. The average molecular weight is 300 g/mol. The van der Waals surface area contributed by atoms with Crippen molar-refractivity contribution in [2.75, 3.05) is 0 Å². The fourth-order valence-electron chi connectivity index (χ4n) is 1.58. The Morgan fingerprint density at radius 2 is 2.38 bits per heavy atom. The van der Waals surface area contributed by atoms with Gasteiger partial charge in [0.2, 0.25) is 0 Å². The summed E-state index contributed by atoms with van der Waals surface area (Å²) in [6.45, 7) is 0. The summed E-state index contributed by atoms with van der Waals surface area (Å²) in [6, 6.07) is 2.05. The van der Waals surface area contributed by atoms with Crippen LogP contribution in [0.2, 0.25) is 0 Å². The molecular formula is C10H10BrN3OS. The lowest BCUT2D eigenvalue weighted by Gasteiger charge is -2.01. The van der Waals surface area contributed by atoms with E-state index < -0.39 is 6.04 Å². The molecule has 4 nitrogen and oxygen atoms in total. The van der Waals surface area contributed by atoms with E-state index >= 15 is 0 Å². The van der Waals surface area contributed by atoms with Crippen LogP contribution in [-0.4, -0.2) is 17.9 Å². The third kappa shape index (κ3) is 1.87. The van der Waals surface area contributed by atoms with Crippen molar-refractivity contribution in [2.24, 2.45) is 4.99 Å². The number of halogens is 1. The van der Waals surface area contributed by atoms with E-state index in [4.69, 9.17) is 0 Å². The van der Waals surface area contributed by atoms with Crippen molar-refractivity contribution < 1.29 is 4.79 Å². The third-order valence-corrected chi connectivity index (χ3v) is 4.48. The van der Waals surface area contributed by atoms with E-state index in [0.717, 1.165) is 9.35 Å². The number of nitrogens with one attached hydrogen (secondary N) is 2. The molecule has 1 saturated carbocycles. The molecule has 84 valence electrons. The van der Waals surface area contributed by atoms with E-state index in [1.807, 2.05) is 11.4 Å². The van der Waals surface area contributed by atoms with Crippen LogP contribution >= 0.6 is 27.3 Å². The number of thiophene rings is 1. The first-order chi connectivity index (χ1) is 7.74. The molecule has 1 unspecified atom stereocenters. The Morgan fingerprint density at radius 3 is 3.00 bits per heavy atom. The summed E-state index contributed by atoms with van der Waals surface area (Å²) in [5.74, 6) is 0.573. The molecule has 1 atom stereocenters. The molecule has 6 heteroatoms. The minimum absolute atomic E-state index is 0.0497. The van der Waals surface area contributed by atoms with Gasteiger partial charge in [0.1, 0.15) is 0 Å². The lowest BCUT2D eigenvalue weighted by atomic mass is 10.2. The Balaban J connectivity index is 1.82. The van der Waals surface area contributed by atoms with E-state index in [9.17, 15) is 4.79 Å². The van der Waals surface area contributed by atoms with Gasteiger partial charge in [0, 0.05) is 10.5 Å². The van der Waals surface area contributed by atoms with Gasteiger partial charge in [0.05, 0.1) is 4.88 Å². The van der Waals surface area contributed by atoms with E-state index in [1.54, 1.807) is 11.3 Å². The molecule has 0 spiro atoms. The van der Waals surface area contributed by atoms with Gasteiger partial charge in [-0.1, -0.05) is 0 Å². The van der Waals surface area contributed by atoms with E-state index in [0.29, 0.717) is 12.0 Å². The van der Waals surface area contributed by atoms with Gasteiger partial charge in [-0.3, -0.25) is 10.1 Å². The first kappa shape index (κ1) is 10.3. The molecule has 2 N–H and O–H groups in total. The number of rotatable bonds is 2.